The summed E-state index contributed by atoms with van der Waals surface area (Å²) in [6.07, 6.45) is -0.664. The monoisotopic (exact) mass is 466 g/mol. The highest BCUT2D eigenvalue weighted by molar-refractivity contribution is 5.83. The lowest BCUT2D eigenvalue weighted by molar-refractivity contribution is -0.147. The summed E-state index contributed by atoms with van der Waals surface area (Å²) >= 11 is 0. The second kappa shape index (κ2) is 9.85. The van der Waals surface area contributed by atoms with Gasteiger partial charge >= 0.3 is 12.1 Å². The molecule has 34 heavy (non-hydrogen) atoms. The van der Waals surface area contributed by atoms with Crippen LogP contribution in [0.3, 0.4) is 0 Å². The number of hydrogen-bond acceptors (Lipinski definition) is 5. The van der Waals surface area contributed by atoms with Crippen LogP contribution in [0.4, 0.5) is 4.79 Å². The molecule has 0 spiro atoms. The fourth-order valence-corrected chi connectivity index (χ4v) is 4.48. The van der Waals surface area contributed by atoms with Crippen LogP contribution in [0.5, 0.6) is 0 Å². The molecule has 1 aliphatic heterocycles. The highest BCUT2D eigenvalue weighted by Gasteiger charge is 2.36. The van der Waals surface area contributed by atoms with Crippen LogP contribution in [0.1, 0.15) is 37.3 Å². The predicted molar refractivity (Wildman–Crippen MR) is 125 cm³/mol. The molecular formula is C26H30N2O6. The van der Waals surface area contributed by atoms with Crippen LogP contribution in [0, 0.1) is 11.3 Å². The Morgan fingerprint density at radius 2 is 1.65 bits per heavy atom. The first-order chi connectivity index (χ1) is 16.3. The Morgan fingerprint density at radius 1 is 1.03 bits per heavy atom. The van der Waals surface area contributed by atoms with Gasteiger partial charge in [-0.25, -0.2) is 4.79 Å². The van der Waals surface area contributed by atoms with Gasteiger partial charge in [-0.2, -0.15) is 0 Å². The average Bonchev–Trinajstić information content (AvgIpc) is 3.42. The van der Waals surface area contributed by atoms with Crippen molar-refractivity contribution in [3.05, 3.63) is 59.7 Å². The summed E-state index contributed by atoms with van der Waals surface area (Å²) in [5, 5.41) is 14.6. The van der Waals surface area contributed by atoms with Crippen molar-refractivity contribution in [1.82, 2.24) is 10.6 Å². The molecule has 2 aliphatic rings. The largest absolute Gasteiger partial charge is 0.481 e. The third kappa shape index (κ3) is 4.92. The summed E-state index contributed by atoms with van der Waals surface area (Å²) in [5.74, 6) is -1.60. The molecule has 2 aromatic rings. The first kappa shape index (κ1) is 23.8. The van der Waals surface area contributed by atoms with Crippen molar-refractivity contribution in [2.75, 3.05) is 26.3 Å². The maximum atomic E-state index is 12.5. The van der Waals surface area contributed by atoms with E-state index in [1.165, 1.54) is 0 Å². The van der Waals surface area contributed by atoms with E-state index in [4.69, 9.17) is 9.47 Å². The van der Waals surface area contributed by atoms with E-state index >= 15 is 0 Å². The molecular weight excluding hydrogens is 436 g/mol. The summed E-state index contributed by atoms with van der Waals surface area (Å²) in [6.45, 7) is 3.93. The molecule has 1 aliphatic carbocycles. The number of nitrogens with one attached hydrogen (secondary N) is 2. The average molecular weight is 467 g/mol. The Morgan fingerprint density at radius 3 is 2.26 bits per heavy atom. The Balaban J connectivity index is 1.29. The van der Waals surface area contributed by atoms with Crippen LogP contribution < -0.4 is 10.6 Å². The van der Waals surface area contributed by atoms with E-state index in [2.05, 4.69) is 34.9 Å². The fourth-order valence-electron chi connectivity index (χ4n) is 4.48. The van der Waals surface area contributed by atoms with Crippen molar-refractivity contribution >= 4 is 18.0 Å². The Labute approximate surface area is 198 Å². The summed E-state index contributed by atoms with van der Waals surface area (Å²) in [4.78, 5) is 36.2. The summed E-state index contributed by atoms with van der Waals surface area (Å²) in [6, 6.07) is 16.3. The SMILES string of the molecule is CC(C)(CNC(=O)C1OCCC1CNC(=O)OCC1c2ccccc2-c2ccccc21)C(=O)O. The van der Waals surface area contributed by atoms with Gasteiger partial charge in [0, 0.05) is 31.5 Å². The minimum absolute atomic E-state index is 0.00640. The van der Waals surface area contributed by atoms with E-state index in [-0.39, 0.29) is 37.4 Å². The van der Waals surface area contributed by atoms with Gasteiger partial charge in [0.15, 0.2) is 0 Å². The number of fused-ring (bicyclic) bond motifs is 3. The predicted octanol–water partition coefficient (Wildman–Crippen LogP) is 3.16. The van der Waals surface area contributed by atoms with Crippen LogP contribution in [0.2, 0.25) is 0 Å². The second-order valence-corrected chi connectivity index (χ2v) is 9.45. The van der Waals surface area contributed by atoms with Crippen molar-refractivity contribution in [2.45, 2.75) is 32.3 Å². The summed E-state index contributed by atoms with van der Waals surface area (Å²) in [7, 11) is 0. The zero-order chi connectivity index (χ0) is 24.3. The zero-order valence-electron chi connectivity index (χ0n) is 19.4. The summed E-state index contributed by atoms with van der Waals surface area (Å²) in [5.41, 5.74) is 3.53. The standard InChI is InChI=1S/C26H30N2O6/c1-26(2,24(30)31)15-28-23(29)22-16(11-12-33-22)13-27-25(32)34-14-21-19-9-5-3-7-17(19)18-8-4-6-10-20(18)21/h3-10,16,21-22H,11-15H2,1-2H3,(H,27,32)(H,28,29)(H,30,31). The molecule has 4 rings (SSSR count). The molecule has 8 nitrogen and oxygen atoms in total. The van der Waals surface area contributed by atoms with Crippen LogP contribution >= 0.6 is 0 Å². The van der Waals surface area contributed by atoms with Gasteiger partial charge in [-0.3, -0.25) is 9.59 Å². The van der Waals surface area contributed by atoms with E-state index in [1.807, 2.05) is 24.3 Å². The van der Waals surface area contributed by atoms with Crippen molar-refractivity contribution in [3.63, 3.8) is 0 Å². The van der Waals surface area contributed by atoms with Crippen LogP contribution in [0.25, 0.3) is 11.1 Å². The number of amides is 2. The quantitative estimate of drug-likeness (QED) is 0.551. The van der Waals surface area contributed by atoms with Crippen molar-refractivity contribution in [3.8, 4) is 11.1 Å². The van der Waals surface area contributed by atoms with E-state index in [0.29, 0.717) is 13.0 Å². The van der Waals surface area contributed by atoms with Gasteiger partial charge in [-0.05, 0) is 42.5 Å². The molecule has 2 amide bonds. The molecule has 0 saturated carbocycles. The van der Waals surface area contributed by atoms with Gasteiger partial charge in [0.2, 0.25) is 5.91 Å². The Kier molecular flexibility index (Phi) is 6.88. The lowest BCUT2D eigenvalue weighted by atomic mass is 9.93. The van der Waals surface area contributed by atoms with Crippen molar-refractivity contribution < 1.29 is 29.0 Å². The minimum Gasteiger partial charge on any atom is -0.481 e. The lowest BCUT2D eigenvalue weighted by Crippen LogP contribution is -2.46. The number of hydrogen-bond donors (Lipinski definition) is 3. The molecule has 2 atom stereocenters. The summed E-state index contributed by atoms with van der Waals surface area (Å²) < 4.78 is 11.1. The van der Waals surface area contributed by atoms with Gasteiger partial charge in [0.1, 0.15) is 12.7 Å². The van der Waals surface area contributed by atoms with Crippen LogP contribution in [-0.2, 0) is 19.1 Å². The first-order valence-corrected chi connectivity index (χ1v) is 11.5. The van der Waals surface area contributed by atoms with Gasteiger partial charge in [0.05, 0.1) is 5.41 Å². The molecule has 0 aromatic heterocycles. The normalized spacial score (nSPS) is 19.2. The first-order valence-electron chi connectivity index (χ1n) is 11.5. The molecule has 1 fully saturated rings. The zero-order valence-corrected chi connectivity index (χ0v) is 19.4. The maximum absolute atomic E-state index is 12.5. The number of carbonyl (C=O) groups is 3. The smallest absolute Gasteiger partial charge is 0.407 e. The van der Waals surface area contributed by atoms with Crippen LogP contribution in [-0.4, -0.2) is 55.5 Å². The number of carboxylic acid groups (broad SMARTS) is 1. The molecule has 1 heterocycles. The third-order valence-electron chi connectivity index (χ3n) is 6.61. The topological polar surface area (TPSA) is 114 Å². The van der Waals surface area contributed by atoms with Gasteiger partial charge in [-0.1, -0.05) is 48.5 Å². The highest BCUT2D eigenvalue weighted by Crippen LogP contribution is 2.44. The molecule has 8 heteroatoms. The Bertz CT molecular complexity index is 1040. The van der Waals surface area contributed by atoms with E-state index in [9.17, 15) is 19.5 Å². The van der Waals surface area contributed by atoms with E-state index < -0.39 is 23.6 Å². The van der Waals surface area contributed by atoms with Crippen molar-refractivity contribution in [1.29, 1.82) is 0 Å². The molecule has 1 saturated heterocycles. The van der Waals surface area contributed by atoms with E-state index in [1.54, 1.807) is 13.8 Å². The van der Waals surface area contributed by atoms with Gasteiger partial charge in [0.25, 0.3) is 0 Å². The molecule has 0 bridgehead atoms. The molecule has 2 aromatic carbocycles. The maximum Gasteiger partial charge on any atom is 0.407 e. The molecule has 180 valence electrons. The lowest BCUT2D eigenvalue weighted by Gasteiger charge is -2.23. The van der Waals surface area contributed by atoms with Gasteiger partial charge < -0.3 is 25.2 Å². The highest BCUT2D eigenvalue weighted by atomic mass is 16.5. The molecule has 3 N–H and O–H groups in total. The number of aliphatic carboxylic acids is 1. The minimum atomic E-state index is -1.08. The molecule has 2 unspecified atom stereocenters. The number of carbonyl (C=O) groups excluding carboxylic acids is 2. The number of ether oxygens (including phenoxy) is 2. The van der Waals surface area contributed by atoms with Crippen LogP contribution in [0.15, 0.2) is 48.5 Å². The number of rotatable bonds is 8. The third-order valence-corrected chi connectivity index (χ3v) is 6.61. The second-order valence-electron chi connectivity index (χ2n) is 9.45. The number of alkyl carbamates (subject to hydrolysis) is 1. The number of benzene rings is 2. The van der Waals surface area contributed by atoms with Gasteiger partial charge in [-0.15, -0.1) is 0 Å². The van der Waals surface area contributed by atoms with Crippen molar-refractivity contribution in [2.24, 2.45) is 11.3 Å². The number of carboxylic acids is 1. The Hall–Kier alpha value is -3.39. The fraction of sp³-hybridized carbons (Fsp3) is 0.423. The van der Waals surface area contributed by atoms with E-state index in [0.717, 1.165) is 22.3 Å². The molecule has 0 radical (unpaired) electrons.